The topological polar surface area (TPSA) is 30.7 Å². The Morgan fingerprint density at radius 2 is 1.47 bits per heavy atom. The van der Waals surface area contributed by atoms with Crippen LogP contribution in [0.1, 0.15) is 33.3 Å². The van der Waals surface area contributed by atoms with Crippen molar-refractivity contribution in [1.82, 2.24) is 14.8 Å². The second-order valence-corrected chi connectivity index (χ2v) is 2.72. The Kier molecular flexibility index (Phi) is 15.0. The van der Waals surface area contributed by atoms with Crippen molar-refractivity contribution in [3.63, 3.8) is 0 Å². The second kappa shape index (κ2) is 14.4. The molecule has 0 aliphatic carbocycles. The van der Waals surface area contributed by atoms with Crippen LogP contribution in [-0.2, 0) is 7.05 Å². The molecule has 0 saturated heterocycles. The fourth-order valence-corrected chi connectivity index (χ4v) is 0.802. The maximum absolute atomic E-state index is 3.72. The zero-order chi connectivity index (χ0) is 13.5. The molecule has 0 N–H and O–H groups in total. The standard InChI is InChI=1S/C7H8.C3H5N3.2C2H6/c1-7-5-3-2-4-6-7;1-6-3-4-2-5-6;2*1-2/h2-6H,1H3;2-3H,1H3;2*1-2H3. The summed E-state index contributed by atoms with van der Waals surface area (Å²) in [5.74, 6) is 0. The Morgan fingerprint density at radius 3 is 1.65 bits per heavy atom. The van der Waals surface area contributed by atoms with Crippen molar-refractivity contribution in [1.29, 1.82) is 0 Å². The van der Waals surface area contributed by atoms with Crippen LogP contribution in [0.15, 0.2) is 43.0 Å². The van der Waals surface area contributed by atoms with E-state index in [9.17, 15) is 0 Å². The van der Waals surface area contributed by atoms with Gasteiger partial charge in [-0.25, -0.2) is 4.98 Å². The second-order valence-electron chi connectivity index (χ2n) is 2.72. The van der Waals surface area contributed by atoms with Gasteiger partial charge in [0.2, 0.25) is 0 Å². The van der Waals surface area contributed by atoms with Crippen LogP contribution in [0.3, 0.4) is 0 Å². The summed E-state index contributed by atoms with van der Waals surface area (Å²) in [6.45, 7) is 10.1. The molecular weight excluding hydrogens is 210 g/mol. The molecule has 2 aromatic rings. The lowest BCUT2D eigenvalue weighted by Gasteiger charge is -1.82. The molecule has 0 aliphatic heterocycles. The van der Waals surface area contributed by atoms with E-state index in [0.29, 0.717) is 0 Å². The molecular formula is C14H25N3. The van der Waals surface area contributed by atoms with Gasteiger partial charge in [-0.1, -0.05) is 63.6 Å². The number of nitrogens with zero attached hydrogens (tertiary/aromatic N) is 3. The summed E-state index contributed by atoms with van der Waals surface area (Å²) in [4.78, 5) is 3.67. The summed E-state index contributed by atoms with van der Waals surface area (Å²) in [5.41, 5.74) is 1.32. The third kappa shape index (κ3) is 12.3. The van der Waals surface area contributed by atoms with Gasteiger partial charge in [0.1, 0.15) is 12.7 Å². The number of rotatable bonds is 0. The number of aryl methyl sites for hydroxylation is 2. The van der Waals surface area contributed by atoms with Crippen LogP contribution in [0.4, 0.5) is 0 Å². The predicted molar refractivity (Wildman–Crippen MR) is 74.9 cm³/mol. The van der Waals surface area contributed by atoms with Crippen LogP contribution in [0.5, 0.6) is 0 Å². The quantitative estimate of drug-likeness (QED) is 0.694. The largest absolute Gasteiger partial charge is 0.256 e. The zero-order valence-electron chi connectivity index (χ0n) is 11.9. The van der Waals surface area contributed by atoms with Gasteiger partial charge in [0, 0.05) is 7.05 Å². The molecule has 0 fully saturated rings. The molecule has 3 heteroatoms. The zero-order valence-corrected chi connectivity index (χ0v) is 11.9. The first kappa shape index (κ1) is 17.7. The highest BCUT2D eigenvalue weighted by Gasteiger charge is 1.72. The predicted octanol–water partition coefficient (Wildman–Crippen LogP) is 3.86. The number of aromatic nitrogens is 3. The first-order chi connectivity index (χ1) is 8.29. The van der Waals surface area contributed by atoms with Crippen molar-refractivity contribution < 1.29 is 0 Å². The maximum atomic E-state index is 3.72. The lowest BCUT2D eigenvalue weighted by molar-refractivity contribution is 0.765. The van der Waals surface area contributed by atoms with Crippen molar-refractivity contribution in [2.24, 2.45) is 7.05 Å². The summed E-state index contributed by atoms with van der Waals surface area (Å²) >= 11 is 0. The fraction of sp³-hybridized carbons (Fsp3) is 0.429. The van der Waals surface area contributed by atoms with Gasteiger partial charge in [0.05, 0.1) is 0 Å². The minimum absolute atomic E-state index is 1.32. The van der Waals surface area contributed by atoms with Crippen molar-refractivity contribution in [3.05, 3.63) is 48.5 Å². The highest BCUT2D eigenvalue weighted by Crippen LogP contribution is 1.92. The van der Waals surface area contributed by atoms with Gasteiger partial charge < -0.3 is 0 Å². The molecule has 0 atom stereocenters. The molecule has 0 unspecified atom stereocenters. The smallest absolute Gasteiger partial charge is 0.137 e. The van der Waals surface area contributed by atoms with E-state index < -0.39 is 0 Å². The van der Waals surface area contributed by atoms with Gasteiger partial charge in [-0.15, -0.1) is 0 Å². The van der Waals surface area contributed by atoms with Gasteiger partial charge in [-0.05, 0) is 6.92 Å². The third-order valence-corrected chi connectivity index (χ3v) is 1.47. The molecule has 0 amide bonds. The molecule has 2 rings (SSSR count). The minimum atomic E-state index is 1.32. The normalized spacial score (nSPS) is 7.41. The average molecular weight is 235 g/mol. The minimum Gasteiger partial charge on any atom is -0.256 e. The fourth-order valence-electron chi connectivity index (χ4n) is 0.802. The SMILES string of the molecule is CC.CC.Cc1ccccc1.Cn1cncn1. The first-order valence-corrected chi connectivity index (χ1v) is 6.09. The summed E-state index contributed by atoms with van der Waals surface area (Å²) in [7, 11) is 1.83. The van der Waals surface area contributed by atoms with E-state index in [0.717, 1.165) is 0 Å². The van der Waals surface area contributed by atoms with E-state index in [1.165, 1.54) is 11.9 Å². The number of benzene rings is 1. The molecule has 1 aromatic heterocycles. The van der Waals surface area contributed by atoms with Gasteiger partial charge in [-0.3, -0.25) is 4.68 Å². The van der Waals surface area contributed by atoms with E-state index in [2.05, 4.69) is 29.1 Å². The summed E-state index contributed by atoms with van der Waals surface area (Å²) < 4.78 is 1.64. The van der Waals surface area contributed by atoms with Gasteiger partial charge >= 0.3 is 0 Å². The number of hydrogen-bond acceptors (Lipinski definition) is 2. The molecule has 96 valence electrons. The Balaban J connectivity index is 0. The Hall–Kier alpha value is -1.64. The molecule has 17 heavy (non-hydrogen) atoms. The summed E-state index contributed by atoms with van der Waals surface area (Å²) in [5, 5.41) is 3.72. The molecule has 1 heterocycles. The monoisotopic (exact) mass is 235 g/mol. The van der Waals surface area contributed by atoms with E-state index in [1.807, 2.05) is 52.9 Å². The van der Waals surface area contributed by atoms with Crippen molar-refractivity contribution in [3.8, 4) is 0 Å². The Bertz CT molecular complexity index is 314. The molecule has 0 spiro atoms. The summed E-state index contributed by atoms with van der Waals surface area (Å²) in [6.07, 6.45) is 3.14. The van der Waals surface area contributed by atoms with Crippen LogP contribution in [0, 0.1) is 6.92 Å². The van der Waals surface area contributed by atoms with E-state index in [1.54, 1.807) is 11.0 Å². The van der Waals surface area contributed by atoms with Crippen LogP contribution in [-0.4, -0.2) is 14.8 Å². The average Bonchev–Trinajstić information content (AvgIpc) is 2.87. The van der Waals surface area contributed by atoms with Crippen LogP contribution >= 0.6 is 0 Å². The maximum Gasteiger partial charge on any atom is 0.137 e. The van der Waals surface area contributed by atoms with Crippen molar-refractivity contribution in [2.75, 3.05) is 0 Å². The molecule has 3 nitrogen and oxygen atoms in total. The van der Waals surface area contributed by atoms with Gasteiger partial charge in [0.15, 0.2) is 0 Å². The Labute approximate surface area is 106 Å². The van der Waals surface area contributed by atoms with Gasteiger partial charge in [0.25, 0.3) is 0 Å². The van der Waals surface area contributed by atoms with E-state index >= 15 is 0 Å². The van der Waals surface area contributed by atoms with Crippen LogP contribution in [0.25, 0.3) is 0 Å². The first-order valence-electron chi connectivity index (χ1n) is 6.09. The third-order valence-electron chi connectivity index (χ3n) is 1.47. The summed E-state index contributed by atoms with van der Waals surface area (Å²) in [6, 6.07) is 10.3. The molecule has 0 bridgehead atoms. The molecule has 0 saturated carbocycles. The molecule has 1 aromatic carbocycles. The van der Waals surface area contributed by atoms with E-state index in [4.69, 9.17) is 0 Å². The van der Waals surface area contributed by atoms with Crippen LogP contribution < -0.4 is 0 Å². The van der Waals surface area contributed by atoms with Gasteiger partial charge in [-0.2, -0.15) is 5.10 Å². The van der Waals surface area contributed by atoms with Crippen molar-refractivity contribution in [2.45, 2.75) is 34.6 Å². The lowest BCUT2D eigenvalue weighted by atomic mass is 10.2. The number of hydrogen-bond donors (Lipinski definition) is 0. The highest BCUT2D eigenvalue weighted by molar-refractivity contribution is 5.11. The molecule has 0 radical (unpaired) electrons. The lowest BCUT2D eigenvalue weighted by Crippen LogP contribution is -1.83. The van der Waals surface area contributed by atoms with Crippen molar-refractivity contribution >= 4 is 0 Å². The Morgan fingerprint density at radius 1 is 0.941 bits per heavy atom. The highest BCUT2D eigenvalue weighted by atomic mass is 15.3. The molecule has 0 aliphatic rings. The van der Waals surface area contributed by atoms with Crippen LogP contribution in [0.2, 0.25) is 0 Å². The van der Waals surface area contributed by atoms with E-state index in [-0.39, 0.29) is 0 Å².